The van der Waals surface area contributed by atoms with E-state index in [1.807, 2.05) is 60.7 Å². The van der Waals surface area contributed by atoms with Gasteiger partial charge in [0, 0.05) is 10.6 Å². The van der Waals surface area contributed by atoms with Crippen LogP contribution in [-0.2, 0) is 11.4 Å². The lowest BCUT2D eigenvalue weighted by atomic mass is 10.0. The maximum absolute atomic E-state index is 14.4. The topological polar surface area (TPSA) is 29.5 Å². The van der Waals surface area contributed by atoms with Gasteiger partial charge in [0.25, 0.3) is 5.91 Å². The zero-order valence-corrected chi connectivity index (χ0v) is 20.1. The van der Waals surface area contributed by atoms with Gasteiger partial charge in [0.15, 0.2) is 4.32 Å². The van der Waals surface area contributed by atoms with Crippen molar-refractivity contribution >= 4 is 68.3 Å². The number of carbonyl (C=O) groups is 1. The molecule has 1 aliphatic rings. The predicted molar refractivity (Wildman–Crippen MR) is 142 cm³/mol. The van der Waals surface area contributed by atoms with E-state index in [2.05, 4.69) is 0 Å². The summed E-state index contributed by atoms with van der Waals surface area (Å²) in [5.41, 5.74) is 1.88. The average molecular weight is 506 g/mol. The largest absolute Gasteiger partial charge is 0.488 e. The first-order chi connectivity index (χ1) is 16.5. The van der Waals surface area contributed by atoms with E-state index in [0.29, 0.717) is 22.3 Å². The quantitative estimate of drug-likeness (QED) is 0.206. The monoisotopic (exact) mass is 505 g/mol. The Labute approximate surface area is 210 Å². The van der Waals surface area contributed by atoms with Crippen molar-refractivity contribution in [2.45, 2.75) is 6.61 Å². The van der Waals surface area contributed by atoms with Crippen LogP contribution in [0.2, 0.25) is 5.02 Å². The minimum absolute atomic E-state index is 0.144. The van der Waals surface area contributed by atoms with Crippen molar-refractivity contribution < 1.29 is 13.9 Å². The number of thioether (sulfide) groups is 1. The fraction of sp³-hybridized carbons (Fsp3) is 0.0370. The van der Waals surface area contributed by atoms with Crippen LogP contribution in [0, 0.1) is 5.82 Å². The third kappa shape index (κ3) is 4.44. The molecule has 3 nitrogen and oxygen atoms in total. The lowest BCUT2D eigenvalue weighted by molar-refractivity contribution is -0.113. The van der Waals surface area contributed by atoms with Gasteiger partial charge in [-0.3, -0.25) is 9.69 Å². The molecule has 0 aromatic heterocycles. The summed E-state index contributed by atoms with van der Waals surface area (Å²) in [6.45, 7) is 0.340. The highest BCUT2D eigenvalue weighted by Crippen LogP contribution is 2.39. The zero-order chi connectivity index (χ0) is 23.7. The van der Waals surface area contributed by atoms with Crippen LogP contribution in [0.4, 0.5) is 10.1 Å². The molecule has 0 N–H and O–H groups in total. The van der Waals surface area contributed by atoms with Crippen LogP contribution in [0.5, 0.6) is 5.75 Å². The molecule has 0 unspecified atom stereocenters. The van der Waals surface area contributed by atoms with Crippen LogP contribution >= 0.6 is 35.6 Å². The summed E-state index contributed by atoms with van der Waals surface area (Å²) in [5.74, 6) is -0.237. The summed E-state index contributed by atoms with van der Waals surface area (Å²) < 4.78 is 20.8. The molecule has 0 bridgehead atoms. The van der Waals surface area contributed by atoms with Crippen molar-refractivity contribution in [2.24, 2.45) is 0 Å². The third-order valence-corrected chi connectivity index (χ3v) is 6.95. The second-order valence-electron chi connectivity index (χ2n) is 7.58. The molecule has 7 heteroatoms. The van der Waals surface area contributed by atoms with Gasteiger partial charge in [0.05, 0.1) is 10.6 Å². The number of benzene rings is 4. The smallest absolute Gasteiger partial charge is 0.270 e. The fourth-order valence-corrected chi connectivity index (χ4v) is 5.12. The Morgan fingerprint density at radius 2 is 1.71 bits per heavy atom. The highest BCUT2D eigenvalue weighted by atomic mass is 35.5. The second kappa shape index (κ2) is 9.58. The minimum Gasteiger partial charge on any atom is -0.488 e. The Balaban J connectivity index is 1.54. The molecule has 1 saturated heterocycles. The maximum atomic E-state index is 14.4. The number of halogens is 2. The number of ether oxygens (including phenoxy) is 1. The molecule has 1 amide bonds. The first-order valence-electron chi connectivity index (χ1n) is 10.4. The van der Waals surface area contributed by atoms with Gasteiger partial charge in [-0.1, -0.05) is 90.2 Å². The van der Waals surface area contributed by atoms with Gasteiger partial charge in [-0.2, -0.15) is 0 Å². The molecule has 4 aromatic carbocycles. The third-order valence-electron chi connectivity index (χ3n) is 5.40. The number of hydrogen-bond acceptors (Lipinski definition) is 4. The van der Waals surface area contributed by atoms with Gasteiger partial charge in [0.1, 0.15) is 18.2 Å². The van der Waals surface area contributed by atoms with Gasteiger partial charge >= 0.3 is 0 Å². The molecular weight excluding hydrogens is 489 g/mol. The van der Waals surface area contributed by atoms with E-state index in [9.17, 15) is 9.18 Å². The number of nitrogens with zero attached hydrogens (tertiary/aromatic N) is 1. The van der Waals surface area contributed by atoms with Gasteiger partial charge in [-0.25, -0.2) is 4.39 Å². The predicted octanol–water partition coefficient (Wildman–Crippen LogP) is 7.62. The van der Waals surface area contributed by atoms with E-state index in [0.717, 1.165) is 33.7 Å². The van der Waals surface area contributed by atoms with Gasteiger partial charge in [-0.15, -0.1) is 0 Å². The van der Waals surface area contributed by atoms with Crippen molar-refractivity contribution in [3.63, 3.8) is 0 Å². The number of hydrogen-bond donors (Lipinski definition) is 0. The Hall–Kier alpha value is -3.19. The zero-order valence-electron chi connectivity index (χ0n) is 17.7. The Morgan fingerprint density at radius 3 is 2.50 bits per heavy atom. The molecule has 34 heavy (non-hydrogen) atoms. The lowest BCUT2D eigenvalue weighted by Gasteiger charge is -2.15. The van der Waals surface area contributed by atoms with E-state index in [1.54, 1.807) is 24.3 Å². The SMILES string of the molecule is O=C1/C(=C/c2c(OCc3ccc(Cl)cc3)ccc3ccccc23)SC(=S)N1c1ccccc1F. The summed E-state index contributed by atoms with van der Waals surface area (Å²) in [4.78, 5) is 14.9. The molecule has 0 spiro atoms. The van der Waals surface area contributed by atoms with Crippen LogP contribution in [0.25, 0.3) is 16.8 Å². The number of fused-ring (bicyclic) bond motifs is 1. The molecule has 4 aromatic rings. The van der Waals surface area contributed by atoms with Crippen molar-refractivity contribution in [3.8, 4) is 5.75 Å². The molecule has 1 fully saturated rings. The highest BCUT2D eigenvalue weighted by molar-refractivity contribution is 8.27. The van der Waals surface area contributed by atoms with Crippen molar-refractivity contribution in [1.82, 2.24) is 0 Å². The number of para-hydroxylation sites is 1. The number of anilines is 1. The summed E-state index contributed by atoms with van der Waals surface area (Å²) in [7, 11) is 0. The second-order valence-corrected chi connectivity index (χ2v) is 9.69. The van der Waals surface area contributed by atoms with Crippen molar-refractivity contribution in [3.05, 3.63) is 112 Å². The van der Waals surface area contributed by atoms with Crippen molar-refractivity contribution in [2.75, 3.05) is 4.90 Å². The molecule has 0 saturated carbocycles. The number of carbonyl (C=O) groups excluding carboxylic acids is 1. The Morgan fingerprint density at radius 1 is 0.971 bits per heavy atom. The van der Waals surface area contributed by atoms with Crippen molar-refractivity contribution in [1.29, 1.82) is 0 Å². The van der Waals surface area contributed by atoms with Crippen LogP contribution in [0.3, 0.4) is 0 Å². The molecule has 5 rings (SSSR count). The summed E-state index contributed by atoms with van der Waals surface area (Å²) in [6.07, 6.45) is 1.78. The molecule has 168 valence electrons. The minimum atomic E-state index is -0.503. The normalized spacial score (nSPS) is 14.9. The fourth-order valence-electron chi connectivity index (χ4n) is 3.73. The molecule has 0 radical (unpaired) electrons. The van der Waals surface area contributed by atoms with Crippen LogP contribution in [0.15, 0.2) is 89.8 Å². The van der Waals surface area contributed by atoms with Crippen LogP contribution in [0.1, 0.15) is 11.1 Å². The first kappa shape index (κ1) is 22.6. The number of thiocarbonyl (C=S) groups is 1. The molecular formula is C27H17ClFNO2S2. The molecule has 1 heterocycles. The maximum Gasteiger partial charge on any atom is 0.270 e. The van der Waals surface area contributed by atoms with Gasteiger partial charge < -0.3 is 4.74 Å². The number of rotatable bonds is 5. The average Bonchev–Trinajstić information content (AvgIpc) is 3.12. The Kier molecular flexibility index (Phi) is 6.37. The van der Waals surface area contributed by atoms with Gasteiger partial charge in [-0.05, 0) is 52.7 Å². The number of amides is 1. The Bertz CT molecular complexity index is 1450. The molecule has 1 aliphatic heterocycles. The van der Waals surface area contributed by atoms with Crippen LogP contribution in [-0.4, -0.2) is 10.2 Å². The summed E-state index contributed by atoms with van der Waals surface area (Å²) >= 11 is 12.6. The van der Waals surface area contributed by atoms with Crippen LogP contribution < -0.4 is 9.64 Å². The standard InChI is InChI=1S/C27H17ClFNO2S2/c28-19-12-9-17(10-13-19)16-32-24-14-11-18-5-1-2-6-20(18)21(24)15-25-26(31)30(27(33)34-25)23-8-4-3-7-22(23)29/h1-15H,16H2/b25-15-. The van der Waals surface area contributed by atoms with E-state index in [1.165, 1.54) is 11.0 Å². The van der Waals surface area contributed by atoms with E-state index in [4.69, 9.17) is 28.6 Å². The lowest BCUT2D eigenvalue weighted by Crippen LogP contribution is -2.28. The molecule has 0 aliphatic carbocycles. The summed E-state index contributed by atoms with van der Waals surface area (Å²) in [5, 5.41) is 2.61. The highest BCUT2D eigenvalue weighted by Gasteiger charge is 2.35. The van der Waals surface area contributed by atoms with E-state index in [-0.39, 0.29) is 15.9 Å². The van der Waals surface area contributed by atoms with E-state index < -0.39 is 5.82 Å². The molecule has 0 atom stereocenters. The van der Waals surface area contributed by atoms with E-state index >= 15 is 0 Å². The summed E-state index contributed by atoms with van der Waals surface area (Å²) in [6, 6.07) is 25.3. The first-order valence-corrected chi connectivity index (χ1v) is 12.0. The van der Waals surface area contributed by atoms with Gasteiger partial charge in [0.2, 0.25) is 0 Å².